The maximum atomic E-state index is 13.1. The molecule has 1 aromatic heterocycles. The van der Waals surface area contributed by atoms with Crippen LogP contribution in [0.4, 0.5) is 5.13 Å². The highest BCUT2D eigenvalue weighted by molar-refractivity contribution is 8.01. The number of sulfonamides is 1. The number of benzene rings is 1. The molecular formula is C19H26N4O3S4. The number of carbonyl (C=O) groups excluding carboxylic acids is 1. The van der Waals surface area contributed by atoms with Gasteiger partial charge in [0.05, 0.1) is 10.5 Å². The zero-order chi connectivity index (χ0) is 21.6. The fourth-order valence-electron chi connectivity index (χ4n) is 3.14. The summed E-state index contributed by atoms with van der Waals surface area (Å²) in [6, 6.07) is 4.71. The highest BCUT2D eigenvalue weighted by Gasteiger charge is 2.24. The van der Waals surface area contributed by atoms with Gasteiger partial charge in [0.25, 0.3) is 15.9 Å². The van der Waals surface area contributed by atoms with Gasteiger partial charge in [-0.05, 0) is 43.7 Å². The third-order valence-corrected chi connectivity index (χ3v) is 9.10. The summed E-state index contributed by atoms with van der Waals surface area (Å²) in [5.74, 6) is 0.798. The molecule has 0 radical (unpaired) electrons. The monoisotopic (exact) mass is 486 g/mol. The molecule has 7 nitrogen and oxygen atoms in total. The van der Waals surface area contributed by atoms with Crippen LogP contribution < -0.4 is 4.72 Å². The Bertz CT molecular complexity index is 970. The molecule has 2 heterocycles. The number of likely N-dealkylation sites (tertiary alicyclic amines) is 1. The van der Waals surface area contributed by atoms with Crippen LogP contribution in [0.3, 0.4) is 0 Å². The van der Waals surface area contributed by atoms with Crippen LogP contribution >= 0.6 is 34.9 Å². The number of rotatable bonds is 8. The Morgan fingerprint density at radius 2 is 1.93 bits per heavy atom. The SMILES string of the molecule is CCCSc1nnc(NS(=O)(=O)c2ccc(SC)c(C(=O)N3CCCCCC3)c2)s1. The van der Waals surface area contributed by atoms with E-state index in [0.717, 1.165) is 47.1 Å². The summed E-state index contributed by atoms with van der Waals surface area (Å²) in [5.41, 5.74) is 0.434. The van der Waals surface area contributed by atoms with Gasteiger partial charge in [0, 0.05) is 23.7 Å². The third-order valence-electron chi connectivity index (χ3n) is 4.66. The molecule has 0 bridgehead atoms. The normalized spacial score (nSPS) is 15.1. The van der Waals surface area contributed by atoms with E-state index < -0.39 is 10.0 Å². The molecule has 0 atom stereocenters. The van der Waals surface area contributed by atoms with Gasteiger partial charge in [0.15, 0.2) is 4.34 Å². The average Bonchev–Trinajstić information content (AvgIpc) is 3.00. The van der Waals surface area contributed by atoms with Gasteiger partial charge in [-0.15, -0.1) is 22.0 Å². The number of thioether (sulfide) groups is 2. The molecule has 1 aliphatic rings. The van der Waals surface area contributed by atoms with Crippen molar-refractivity contribution in [2.45, 2.75) is 53.2 Å². The Labute approximate surface area is 190 Å². The number of amides is 1. The fourth-order valence-corrected chi connectivity index (χ4v) is 6.64. The van der Waals surface area contributed by atoms with Crippen LogP contribution in [0.2, 0.25) is 0 Å². The van der Waals surface area contributed by atoms with E-state index >= 15 is 0 Å². The van der Waals surface area contributed by atoms with Crippen molar-refractivity contribution in [3.05, 3.63) is 23.8 Å². The molecule has 0 spiro atoms. The molecule has 164 valence electrons. The third kappa shape index (κ3) is 5.89. The largest absolute Gasteiger partial charge is 0.339 e. The standard InChI is InChI=1S/C19H26N4O3S4/c1-3-12-28-19-21-20-18(29-19)22-30(25,26)14-8-9-16(27-2)15(13-14)17(24)23-10-6-4-5-7-11-23/h8-9,13H,3-7,10-12H2,1-2H3,(H,20,22). The first-order valence-electron chi connectivity index (χ1n) is 9.91. The molecule has 30 heavy (non-hydrogen) atoms. The van der Waals surface area contributed by atoms with Crippen molar-refractivity contribution in [3.8, 4) is 0 Å². The number of hydrogen-bond donors (Lipinski definition) is 1. The van der Waals surface area contributed by atoms with Crippen molar-refractivity contribution >= 4 is 55.9 Å². The molecule has 1 N–H and O–H groups in total. The molecule has 0 saturated carbocycles. The van der Waals surface area contributed by atoms with E-state index in [2.05, 4.69) is 21.8 Å². The molecule has 3 rings (SSSR count). The van der Waals surface area contributed by atoms with Gasteiger partial charge in [-0.2, -0.15) is 0 Å². The summed E-state index contributed by atoms with van der Waals surface area (Å²) >= 11 is 4.20. The Kier molecular flexibility index (Phi) is 8.44. The lowest BCUT2D eigenvalue weighted by atomic mass is 10.2. The van der Waals surface area contributed by atoms with Crippen LogP contribution in [0.25, 0.3) is 0 Å². The zero-order valence-corrected chi connectivity index (χ0v) is 20.4. The molecule has 0 aliphatic carbocycles. The van der Waals surface area contributed by atoms with E-state index in [4.69, 9.17) is 0 Å². The van der Waals surface area contributed by atoms with Gasteiger partial charge in [0.1, 0.15) is 0 Å². The topological polar surface area (TPSA) is 92.3 Å². The molecule has 0 unspecified atom stereocenters. The maximum Gasteiger partial charge on any atom is 0.263 e. The zero-order valence-electron chi connectivity index (χ0n) is 17.1. The lowest BCUT2D eigenvalue weighted by Gasteiger charge is -2.22. The molecule has 1 saturated heterocycles. The first kappa shape index (κ1) is 23.4. The Balaban J connectivity index is 1.83. The fraction of sp³-hybridized carbons (Fsp3) is 0.526. The van der Waals surface area contributed by atoms with Crippen LogP contribution in [-0.2, 0) is 10.0 Å². The van der Waals surface area contributed by atoms with Crippen LogP contribution in [0.1, 0.15) is 49.4 Å². The van der Waals surface area contributed by atoms with Crippen LogP contribution in [0, 0.1) is 0 Å². The second-order valence-electron chi connectivity index (χ2n) is 6.90. The second kappa shape index (κ2) is 10.8. The number of aromatic nitrogens is 2. The number of anilines is 1. The first-order valence-corrected chi connectivity index (χ1v) is 14.4. The highest BCUT2D eigenvalue weighted by atomic mass is 32.2. The first-order chi connectivity index (χ1) is 14.4. The van der Waals surface area contributed by atoms with Gasteiger partial charge < -0.3 is 4.90 Å². The van der Waals surface area contributed by atoms with Crippen LogP contribution in [-0.4, -0.2) is 54.5 Å². The smallest absolute Gasteiger partial charge is 0.263 e. The Morgan fingerprint density at radius 3 is 2.60 bits per heavy atom. The predicted molar refractivity (Wildman–Crippen MR) is 124 cm³/mol. The van der Waals surface area contributed by atoms with Crippen LogP contribution in [0.5, 0.6) is 0 Å². The van der Waals surface area contributed by atoms with Gasteiger partial charge >= 0.3 is 0 Å². The highest BCUT2D eigenvalue weighted by Crippen LogP contribution is 2.29. The predicted octanol–water partition coefficient (Wildman–Crippen LogP) is 4.58. The molecule has 2 aromatic rings. The van der Waals surface area contributed by atoms with E-state index in [1.165, 1.54) is 35.2 Å². The number of nitrogens with zero attached hydrogens (tertiary/aromatic N) is 3. The molecule has 1 fully saturated rings. The van der Waals surface area contributed by atoms with E-state index in [0.29, 0.717) is 18.7 Å². The molecule has 1 aliphatic heterocycles. The summed E-state index contributed by atoms with van der Waals surface area (Å²) in [6.07, 6.45) is 7.10. The second-order valence-corrected chi connectivity index (χ2v) is 11.7. The number of nitrogens with one attached hydrogen (secondary N) is 1. The Hall–Kier alpha value is -1.30. The molecule has 1 amide bonds. The van der Waals surface area contributed by atoms with Crippen molar-refractivity contribution in [1.29, 1.82) is 0 Å². The minimum atomic E-state index is -3.87. The van der Waals surface area contributed by atoms with Crippen LogP contribution in [0.15, 0.2) is 32.3 Å². The number of hydrogen-bond acceptors (Lipinski definition) is 8. The van der Waals surface area contributed by atoms with Gasteiger partial charge in [-0.1, -0.05) is 42.9 Å². The lowest BCUT2D eigenvalue weighted by Crippen LogP contribution is -2.32. The summed E-state index contributed by atoms with van der Waals surface area (Å²) in [7, 11) is -3.87. The number of carbonyl (C=O) groups is 1. The summed E-state index contributed by atoms with van der Waals surface area (Å²) in [6.45, 7) is 3.50. The van der Waals surface area contributed by atoms with Gasteiger partial charge in [0.2, 0.25) is 5.13 Å². The maximum absolute atomic E-state index is 13.1. The van der Waals surface area contributed by atoms with E-state index in [1.54, 1.807) is 17.8 Å². The van der Waals surface area contributed by atoms with Crippen molar-refractivity contribution in [2.24, 2.45) is 0 Å². The summed E-state index contributed by atoms with van der Waals surface area (Å²) in [5, 5.41) is 8.17. The van der Waals surface area contributed by atoms with Crippen molar-refractivity contribution in [3.63, 3.8) is 0 Å². The van der Waals surface area contributed by atoms with E-state index in [-0.39, 0.29) is 15.9 Å². The Morgan fingerprint density at radius 1 is 1.20 bits per heavy atom. The lowest BCUT2D eigenvalue weighted by molar-refractivity contribution is 0.0758. The molecule has 1 aromatic carbocycles. The van der Waals surface area contributed by atoms with Crippen molar-refractivity contribution in [2.75, 3.05) is 29.8 Å². The molecular weight excluding hydrogens is 461 g/mol. The van der Waals surface area contributed by atoms with Gasteiger partial charge in [-0.25, -0.2) is 8.42 Å². The van der Waals surface area contributed by atoms with Gasteiger partial charge in [-0.3, -0.25) is 9.52 Å². The minimum Gasteiger partial charge on any atom is -0.339 e. The summed E-state index contributed by atoms with van der Waals surface area (Å²) in [4.78, 5) is 15.8. The quantitative estimate of drug-likeness (QED) is 0.546. The molecule has 11 heteroatoms. The van der Waals surface area contributed by atoms with E-state index in [1.807, 2.05) is 11.2 Å². The average molecular weight is 487 g/mol. The minimum absolute atomic E-state index is 0.0523. The van der Waals surface area contributed by atoms with E-state index in [9.17, 15) is 13.2 Å². The van der Waals surface area contributed by atoms with Crippen molar-refractivity contribution in [1.82, 2.24) is 15.1 Å². The van der Waals surface area contributed by atoms with Crippen molar-refractivity contribution < 1.29 is 13.2 Å². The summed E-state index contributed by atoms with van der Waals surface area (Å²) < 4.78 is 29.1.